The second-order valence-corrected chi connectivity index (χ2v) is 5.00. The van der Waals surface area contributed by atoms with E-state index in [0.717, 1.165) is 18.9 Å². The second kappa shape index (κ2) is 6.64. The molecule has 0 amide bonds. The van der Waals surface area contributed by atoms with E-state index in [1.165, 1.54) is 12.1 Å². The smallest absolute Gasteiger partial charge is 0.309 e. The van der Waals surface area contributed by atoms with Crippen molar-refractivity contribution in [2.75, 3.05) is 0 Å². The normalized spacial score (nSPS) is 14.1. The minimum atomic E-state index is -0.934. The predicted molar refractivity (Wildman–Crippen MR) is 69.9 cm³/mol. The minimum Gasteiger partial charge on any atom is -0.481 e. The van der Waals surface area contributed by atoms with Crippen LogP contribution in [0.3, 0.4) is 0 Å². The molecule has 19 heavy (non-hydrogen) atoms. The molecule has 0 saturated heterocycles. The molecule has 0 aliphatic rings. The molecule has 0 spiro atoms. The maximum Gasteiger partial charge on any atom is 0.309 e. The summed E-state index contributed by atoms with van der Waals surface area (Å²) in [5.41, 5.74) is -0.533. The van der Waals surface area contributed by atoms with E-state index in [-0.39, 0.29) is 6.42 Å². The Morgan fingerprint density at radius 3 is 2.21 bits per heavy atom. The van der Waals surface area contributed by atoms with Crippen LogP contribution in [0.5, 0.6) is 0 Å². The molecule has 0 heterocycles. The molecule has 0 saturated carbocycles. The molecule has 1 N–H and O–H groups in total. The SMILES string of the molecule is CCCCC(CC)(Cc1cc(F)cc(F)c1)C(=O)O. The predicted octanol–water partition coefficient (Wildman–Crippen LogP) is 4.18. The first-order chi connectivity index (χ1) is 8.93. The van der Waals surface area contributed by atoms with Crippen LogP contribution in [-0.2, 0) is 11.2 Å². The molecule has 0 aromatic heterocycles. The second-order valence-electron chi connectivity index (χ2n) is 5.00. The van der Waals surface area contributed by atoms with Gasteiger partial charge in [0.15, 0.2) is 0 Å². The molecule has 1 rings (SSSR count). The number of aliphatic carboxylic acids is 1. The molecule has 0 aliphatic heterocycles. The molecule has 0 aliphatic carbocycles. The number of unbranched alkanes of at least 4 members (excludes halogenated alkanes) is 1. The molecule has 1 aromatic rings. The molecule has 2 nitrogen and oxygen atoms in total. The van der Waals surface area contributed by atoms with Gasteiger partial charge in [-0.1, -0.05) is 26.7 Å². The Labute approximate surface area is 112 Å². The highest BCUT2D eigenvalue weighted by molar-refractivity contribution is 5.75. The number of rotatable bonds is 7. The number of carboxylic acid groups (broad SMARTS) is 1. The molecule has 0 fully saturated rings. The van der Waals surface area contributed by atoms with Gasteiger partial charge in [0.25, 0.3) is 0 Å². The van der Waals surface area contributed by atoms with E-state index in [1.54, 1.807) is 6.92 Å². The summed E-state index contributed by atoms with van der Waals surface area (Å²) in [5.74, 6) is -2.23. The number of carboxylic acids is 1. The Balaban J connectivity index is 3.02. The van der Waals surface area contributed by atoms with Crippen LogP contribution in [0.1, 0.15) is 45.1 Å². The van der Waals surface area contributed by atoms with Crippen LogP contribution < -0.4 is 0 Å². The molecule has 0 radical (unpaired) electrons. The molecule has 4 heteroatoms. The van der Waals surface area contributed by atoms with Crippen molar-refractivity contribution in [1.82, 2.24) is 0 Å². The van der Waals surface area contributed by atoms with Gasteiger partial charge in [-0.05, 0) is 37.0 Å². The van der Waals surface area contributed by atoms with Gasteiger partial charge in [-0.15, -0.1) is 0 Å². The first-order valence-corrected chi connectivity index (χ1v) is 6.62. The maximum atomic E-state index is 13.2. The average molecular weight is 270 g/mol. The first-order valence-electron chi connectivity index (χ1n) is 6.62. The highest BCUT2D eigenvalue weighted by Crippen LogP contribution is 2.34. The van der Waals surface area contributed by atoms with Crippen molar-refractivity contribution >= 4 is 5.97 Å². The van der Waals surface area contributed by atoms with Crippen LogP contribution in [0.15, 0.2) is 18.2 Å². The van der Waals surface area contributed by atoms with E-state index < -0.39 is 23.0 Å². The number of hydrogen-bond donors (Lipinski definition) is 1. The fourth-order valence-corrected chi connectivity index (χ4v) is 2.34. The Hall–Kier alpha value is -1.45. The van der Waals surface area contributed by atoms with Crippen LogP contribution in [-0.4, -0.2) is 11.1 Å². The highest BCUT2D eigenvalue weighted by atomic mass is 19.1. The summed E-state index contributed by atoms with van der Waals surface area (Å²) < 4.78 is 26.3. The van der Waals surface area contributed by atoms with E-state index in [9.17, 15) is 18.7 Å². The molecule has 1 atom stereocenters. The van der Waals surface area contributed by atoms with Crippen molar-refractivity contribution in [1.29, 1.82) is 0 Å². The van der Waals surface area contributed by atoms with Crippen LogP contribution in [0, 0.1) is 17.0 Å². The van der Waals surface area contributed by atoms with Gasteiger partial charge >= 0.3 is 5.97 Å². The standard InChI is InChI=1S/C15H20F2O2/c1-3-5-6-15(4-2,14(18)19)10-11-7-12(16)9-13(17)8-11/h7-9H,3-6,10H2,1-2H3,(H,18,19). The fraction of sp³-hybridized carbons (Fsp3) is 0.533. The number of benzene rings is 1. The number of halogens is 2. The quantitative estimate of drug-likeness (QED) is 0.807. The van der Waals surface area contributed by atoms with Crippen molar-refractivity contribution in [3.05, 3.63) is 35.4 Å². The third-order valence-corrected chi connectivity index (χ3v) is 3.60. The average Bonchev–Trinajstić information content (AvgIpc) is 2.33. The monoisotopic (exact) mass is 270 g/mol. The van der Waals surface area contributed by atoms with Gasteiger partial charge in [0.2, 0.25) is 0 Å². The number of carbonyl (C=O) groups is 1. The maximum absolute atomic E-state index is 13.2. The summed E-state index contributed by atoms with van der Waals surface area (Å²) in [6.07, 6.45) is 2.81. The van der Waals surface area contributed by atoms with Gasteiger partial charge in [0, 0.05) is 6.07 Å². The molecular weight excluding hydrogens is 250 g/mol. The Bertz CT molecular complexity index is 426. The molecular formula is C15H20F2O2. The lowest BCUT2D eigenvalue weighted by atomic mass is 9.75. The largest absolute Gasteiger partial charge is 0.481 e. The van der Waals surface area contributed by atoms with Crippen LogP contribution >= 0.6 is 0 Å². The van der Waals surface area contributed by atoms with Gasteiger partial charge in [0.1, 0.15) is 11.6 Å². The summed E-state index contributed by atoms with van der Waals surface area (Å²) in [6, 6.07) is 3.22. The summed E-state index contributed by atoms with van der Waals surface area (Å²) in [6.45, 7) is 3.80. The lowest BCUT2D eigenvalue weighted by Gasteiger charge is -2.28. The van der Waals surface area contributed by atoms with Crippen LogP contribution in [0.25, 0.3) is 0 Å². The zero-order valence-corrected chi connectivity index (χ0v) is 11.4. The lowest BCUT2D eigenvalue weighted by Crippen LogP contribution is -2.33. The Kier molecular flexibility index (Phi) is 5.45. The fourth-order valence-electron chi connectivity index (χ4n) is 2.34. The number of hydrogen-bond acceptors (Lipinski definition) is 1. The van der Waals surface area contributed by atoms with E-state index in [0.29, 0.717) is 18.4 Å². The van der Waals surface area contributed by atoms with E-state index in [2.05, 4.69) is 0 Å². The highest BCUT2D eigenvalue weighted by Gasteiger charge is 2.36. The third kappa shape index (κ3) is 4.01. The lowest BCUT2D eigenvalue weighted by molar-refractivity contribution is -0.149. The molecule has 106 valence electrons. The van der Waals surface area contributed by atoms with Gasteiger partial charge in [-0.2, -0.15) is 0 Å². The zero-order valence-electron chi connectivity index (χ0n) is 11.4. The van der Waals surface area contributed by atoms with Crippen LogP contribution in [0.2, 0.25) is 0 Å². The zero-order chi connectivity index (χ0) is 14.5. The van der Waals surface area contributed by atoms with E-state index in [4.69, 9.17) is 0 Å². The molecule has 1 aromatic carbocycles. The van der Waals surface area contributed by atoms with E-state index >= 15 is 0 Å². The topological polar surface area (TPSA) is 37.3 Å². The Morgan fingerprint density at radius 1 is 1.21 bits per heavy atom. The van der Waals surface area contributed by atoms with Gasteiger partial charge in [-0.3, -0.25) is 4.79 Å². The summed E-state index contributed by atoms with van der Waals surface area (Å²) in [5, 5.41) is 9.46. The van der Waals surface area contributed by atoms with Crippen molar-refractivity contribution in [3.63, 3.8) is 0 Å². The summed E-state index contributed by atoms with van der Waals surface area (Å²) in [4.78, 5) is 11.5. The van der Waals surface area contributed by atoms with E-state index in [1.807, 2.05) is 6.92 Å². The Morgan fingerprint density at radius 2 is 1.79 bits per heavy atom. The third-order valence-electron chi connectivity index (χ3n) is 3.60. The minimum absolute atomic E-state index is 0.160. The van der Waals surface area contributed by atoms with Crippen LogP contribution in [0.4, 0.5) is 8.78 Å². The first kappa shape index (κ1) is 15.6. The molecule has 1 unspecified atom stereocenters. The van der Waals surface area contributed by atoms with Crippen molar-refractivity contribution < 1.29 is 18.7 Å². The van der Waals surface area contributed by atoms with Gasteiger partial charge < -0.3 is 5.11 Å². The van der Waals surface area contributed by atoms with Crippen molar-refractivity contribution in [2.24, 2.45) is 5.41 Å². The van der Waals surface area contributed by atoms with Gasteiger partial charge in [-0.25, -0.2) is 8.78 Å². The molecule has 0 bridgehead atoms. The summed E-state index contributed by atoms with van der Waals surface area (Å²) >= 11 is 0. The van der Waals surface area contributed by atoms with Crippen molar-refractivity contribution in [2.45, 2.75) is 46.0 Å². The summed E-state index contributed by atoms with van der Waals surface area (Å²) in [7, 11) is 0. The van der Waals surface area contributed by atoms with Crippen molar-refractivity contribution in [3.8, 4) is 0 Å². The van der Waals surface area contributed by atoms with Gasteiger partial charge in [0.05, 0.1) is 5.41 Å².